The number of para-hydroxylation sites is 1. The highest BCUT2D eigenvalue weighted by Gasteiger charge is 2.24. The van der Waals surface area contributed by atoms with Crippen molar-refractivity contribution in [2.75, 3.05) is 5.32 Å². The number of aromatic hydroxyl groups is 1. The van der Waals surface area contributed by atoms with Gasteiger partial charge in [0.05, 0.1) is 10.0 Å². The van der Waals surface area contributed by atoms with Crippen molar-refractivity contribution in [2.24, 2.45) is 0 Å². The van der Waals surface area contributed by atoms with Gasteiger partial charge in [-0.1, -0.05) is 79.0 Å². The van der Waals surface area contributed by atoms with Gasteiger partial charge in [-0.05, 0) is 36.2 Å². The second kappa shape index (κ2) is 10.1. The molecule has 0 bridgehead atoms. The van der Waals surface area contributed by atoms with E-state index in [9.17, 15) is 9.90 Å². The molecule has 0 saturated carbocycles. The Bertz CT molecular complexity index is 1280. The molecule has 3 aromatic carbocycles. The summed E-state index contributed by atoms with van der Waals surface area (Å²) in [5.74, 6) is 0.399. The zero-order valence-corrected chi connectivity index (χ0v) is 19.5. The smallest absolute Gasteiger partial charge is 0.229 e. The first-order valence-corrected chi connectivity index (χ1v) is 11.4. The van der Waals surface area contributed by atoms with Crippen LogP contribution in [0.1, 0.15) is 26.2 Å². The molecule has 4 aromatic rings. The van der Waals surface area contributed by atoms with Gasteiger partial charge in [0, 0.05) is 23.1 Å². The molecule has 1 amide bonds. The van der Waals surface area contributed by atoms with E-state index in [1.165, 1.54) is 0 Å². The van der Waals surface area contributed by atoms with E-state index < -0.39 is 0 Å². The van der Waals surface area contributed by atoms with Gasteiger partial charge in [-0.25, -0.2) is 4.98 Å². The SMILES string of the molecule is CCCCC(=O)Nc1oc(-c2ccccc2-c2ccccc2O)nc1-c1c(Cl)cccc1Cl. The van der Waals surface area contributed by atoms with Crippen molar-refractivity contribution >= 4 is 35.0 Å². The maximum atomic E-state index is 12.5. The first kappa shape index (κ1) is 22.9. The number of phenolic OH excluding ortho intramolecular Hbond substituents is 1. The first-order chi connectivity index (χ1) is 16.0. The number of nitrogens with one attached hydrogen (secondary N) is 1. The van der Waals surface area contributed by atoms with Crippen molar-refractivity contribution in [1.82, 2.24) is 4.98 Å². The number of halogens is 2. The molecule has 1 heterocycles. The summed E-state index contributed by atoms with van der Waals surface area (Å²) >= 11 is 12.9. The van der Waals surface area contributed by atoms with Gasteiger partial charge in [0.2, 0.25) is 17.7 Å². The Morgan fingerprint density at radius 1 is 0.939 bits per heavy atom. The minimum absolute atomic E-state index is 0.138. The highest BCUT2D eigenvalue weighted by atomic mass is 35.5. The maximum absolute atomic E-state index is 12.5. The number of anilines is 1. The molecule has 0 radical (unpaired) electrons. The molecule has 0 fully saturated rings. The van der Waals surface area contributed by atoms with Gasteiger partial charge >= 0.3 is 0 Å². The summed E-state index contributed by atoms with van der Waals surface area (Å²) in [6.45, 7) is 2.02. The van der Waals surface area contributed by atoms with Crippen LogP contribution in [0.15, 0.2) is 71.1 Å². The molecule has 0 aliphatic rings. The summed E-state index contributed by atoms with van der Waals surface area (Å²) in [6.07, 6.45) is 2.01. The second-order valence-corrected chi connectivity index (χ2v) is 8.32. The van der Waals surface area contributed by atoms with Gasteiger partial charge in [-0.2, -0.15) is 0 Å². The molecular weight excluding hydrogens is 459 g/mol. The lowest BCUT2D eigenvalue weighted by Crippen LogP contribution is -2.11. The number of unbranched alkanes of at least 4 members (excludes halogenated alkanes) is 1. The predicted molar refractivity (Wildman–Crippen MR) is 133 cm³/mol. The normalized spacial score (nSPS) is 10.9. The number of carbonyl (C=O) groups is 1. The Kier molecular flexibility index (Phi) is 7.02. The summed E-state index contributed by atoms with van der Waals surface area (Å²) in [4.78, 5) is 17.2. The number of aromatic nitrogens is 1. The molecule has 7 heteroatoms. The third kappa shape index (κ3) is 4.90. The van der Waals surface area contributed by atoms with Crippen molar-refractivity contribution in [2.45, 2.75) is 26.2 Å². The summed E-state index contributed by atoms with van der Waals surface area (Å²) in [6, 6.07) is 19.6. The molecule has 2 N–H and O–H groups in total. The van der Waals surface area contributed by atoms with E-state index in [2.05, 4.69) is 10.3 Å². The lowest BCUT2D eigenvalue weighted by atomic mass is 9.99. The zero-order valence-electron chi connectivity index (χ0n) is 17.9. The third-order valence-corrected chi connectivity index (χ3v) is 5.82. The van der Waals surface area contributed by atoms with Gasteiger partial charge in [0.15, 0.2) is 0 Å². The highest BCUT2D eigenvalue weighted by Crippen LogP contribution is 2.43. The molecule has 4 rings (SSSR count). The number of amides is 1. The molecule has 1 aromatic heterocycles. The number of hydrogen-bond acceptors (Lipinski definition) is 4. The lowest BCUT2D eigenvalue weighted by Gasteiger charge is -2.08. The van der Waals surface area contributed by atoms with Gasteiger partial charge < -0.3 is 9.52 Å². The van der Waals surface area contributed by atoms with E-state index in [4.69, 9.17) is 27.6 Å². The molecular formula is C26H22Cl2N2O3. The van der Waals surface area contributed by atoms with Gasteiger partial charge in [-0.3, -0.25) is 10.1 Å². The fourth-order valence-corrected chi connectivity index (χ4v) is 4.12. The van der Waals surface area contributed by atoms with Crippen molar-refractivity contribution < 1.29 is 14.3 Å². The average molecular weight is 481 g/mol. The Labute approximate surface area is 202 Å². The number of nitrogens with zero attached hydrogens (tertiary/aromatic N) is 1. The van der Waals surface area contributed by atoms with Crippen LogP contribution in [-0.4, -0.2) is 16.0 Å². The quantitative estimate of drug-likeness (QED) is 0.282. The number of benzene rings is 3. The zero-order chi connectivity index (χ0) is 23.4. The van der Waals surface area contributed by atoms with E-state index in [1.54, 1.807) is 30.3 Å². The van der Waals surface area contributed by atoms with Crippen LogP contribution in [-0.2, 0) is 4.79 Å². The van der Waals surface area contributed by atoms with Gasteiger partial charge in [-0.15, -0.1) is 0 Å². The highest BCUT2D eigenvalue weighted by molar-refractivity contribution is 6.39. The average Bonchev–Trinajstić information content (AvgIpc) is 3.21. The number of hydrogen-bond donors (Lipinski definition) is 2. The predicted octanol–water partition coefficient (Wildman–Crippen LogP) is 7.82. The molecule has 5 nitrogen and oxygen atoms in total. The Hall–Kier alpha value is -3.28. The Balaban J connectivity index is 1.87. The fourth-order valence-electron chi connectivity index (χ4n) is 3.55. The van der Waals surface area contributed by atoms with E-state index >= 15 is 0 Å². The molecule has 0 aliphatic carbocycles. The number of oxazole rings is 1. The monoisotopic (exact) mass is 480 g/mol. The fraction of sp³-hybridized carbons (Fsp3) is 0.154. The van der Waals surface area contributed by atoms with Gasteiger partial charge in [0.1, 0.15) is 11.4 Å². The first-order valence-electron chi connectivity index (χ1n) is 10.6. The standard InChI is InChI=1S/C26H22Cl2N2O3/c1-2-3-15-22(32)29-26-24(23-19(27)12-8-13-20(23)28)30-25(33-26)18-11-5-4-9-16(18)17-10-6-7-14-21(17)31/h4-14,31H,2-3,15H2,1H3,(H,29,32). The Morgan fingerprint density at radius 2 is 1.58 bits per heavy atom. The topological polar surface area (TPSA) is 75.4 Å². The van der Waals surface area contributed by atoms with Crippen molar-refractivity contribution in [3.63, 3.8) is 0 Å². The largest absolute Gasteiger partial charge is 0.507 e. The van der Waals surface area contributed by atoms with Crippen LogP contribution in [0.2, 0.25) is 10.0 Å². The van der Waals surface area contributed by atoms with Crippen LogP contribution in [0.3, 0.4) is 0 Å². The van der Waals surface area contributed by atoms with Crippen LogP contribution >= 0.6 is 23.2 Å². The van der Waals surface area contributed by atoms with E-state index in [0.717, 1.165) is 18.4 Å². The number of carbonyl (C=O) groups excluding carboxylic acids is 1. The number of phenols is 1. The van der Waals surface area contributed by atoms with Crippen LogP contribution in [0.4, 0.5) is 5.88 Å². The molecule has 0 spiro atoms. The van der Waals surface area contributed by atoms with E-state index in [-0.39, 0.29) is 23.4 Å². The van der Waals surface area contributed by atoms with Crippen molar-refractivity contribution in [3.8, 4) is 39.6 Å². The summed E-state index contributed by atoms with van der Waals surface area (Å²) in [5.41, 5.74) is 2.84. The lowest BCUT2D eigenvalue weighted by molar-refractivity contribution is -0.116. The van der Waals surface area contributed by atoms with Crippen LogP contribution in [0.5, 0.6) is 5.75 Å². The summed E-state index contributed by atoms with van der Waals surface area (Å²) in [7, 11) is 0. The minimum atomic E-state index is -0.182. The van der Waals surface area contributed by atoms with Gasteiger partial charge in [0.25, 0.3) is 0 Å². The van der Waals surface area contributed by atoms with Crippen molar-refractivity contribution in [3.05, 3.63) is 76.8 Å². The molecule has 33 heavy (non-hydrogen) atoms. The molecule has 0 saturated heterocycles. The van der Waals surface area contributed by atoms with E-state index in [0.29, 0.717) is 38.9 Å². The van der Waals surface area contributed by atoms with E-state index in [1.807, 2.05) is 43.3 Å². The molecule has 168 valence electrons. The molecule has 0 atom stereocenters. The molecule has 0 unspecified atom stereocenters. The summed E-state index contributed by atoms with van der Waals surface area (Å²) < 4.78 is 6.08. The second-order valence-electron chi connectivity index (χ2n) is 7.51. The van der Waals surface area contributed by atoms with Crippen LogP contribution in [0, 0.1) is 0 Å². The van der Waals surface area contributed by atoms with Crippen LogP contribution < -0.4 is 5.32 Å². The third-order valence-electron chi connectivity index (χ3n) is 5.19. The minimum Gasteiger partial charge on any atom is -0.507 e. The molecule has 0 aliphatic heterocycles. The van der Waals surface area contributed by atoms with Crippen molar-refractivity contribution in [1.29, 1.82) is 0 Å². The number of rotatable bonds is 7. The maximum Gasteiger partial charge on any atom is 0.229 e. The van der Waals surface area contributed by atoms with Crippen LogP contribution in [0.25, 0.3) is 33.8 Å². The summed E-state index contributed by atoms with van der Waals surface area (Å²) in [5, 5.41) is 14.0. The Morgan fingerprint density at radius 3 is 2.24 bits per heavy atom.